The van der Waals surface area contributed by atoms with Gasteiger partial charge in [-0.1, -0.05) is 19.9 Å². The SMILES string of the molecule is CCc1cc(CC)c(O)c(C(C)=O)c1. The molecule has 1 N–H and O–H groups in total. The van der Waals surface area contributed by atoms with Crippen LogP contribution in [0.5, 0.6) is 5.75 Å². The third-order valence-corrected chi connectivity index (χ3v) is 2.42. The van der Waals surface area contributed by atoms with E-state index in [2.05, 4.69) is 0 Å². The van der Waals surface area contributed by atoms with E-state index in [0.717, 1.165) is 24.0 Å². The molecule has 0 spiro atoms. The predicted molar refractivity (Wildman–Crippen MR) is 56.9 cm³/mol. The lowest BCUT2D eigenvalue weighted by Gasteiger charge is -2.08. The first-order valence-corrected chi connectivity index (χ1v) is 4.95. The molecule has 0 atom stereocenters. The van der Waals surface area contributed by atoms with Gasteiger partial charge in [-0.25, -0.2) is 0 Å². The molecule has 2 nitrogen and oxygen atoms in total. The molecule has 0 radical (unpaired) electrons. The number of phenolic OH excluding ortho intramolecular Hbond substituents is 1. The largest absolute Gasteiger partial charge is 0.507 e. The van der Waals surface area contributed by atoms with E-state index in [1.54, 1.807) is 6.07 Å². The van der Waals surface area contributed by atoms with Crippen LogP contribution in [0.4, 0.5) is 0 Å². The number of aromatic hydroxyl groups is 1. The van der Waals surface area contributed by atoms with Crippen molar-refractivity contribution in [3.63, 3.8) is 0 Å². The van der Waals surface area contributed by atoms with Gasteiger partial charge in [0.15, 0.2) is 5.78 Å². The molecular weight excluding hydrogens is 176 g/mol. The van der Waals surface area contributed by atoms with Gasteiger partial charge in [-0.3, -0.25) is 4.79 Å². The van der Waals surface area contributed by atoms with E-state index in [9.17, 15) is 9.90 Å². The summed E-state index contributed by atoms with van der Waals surface area (Å²) in [4.78, 5) is 11.2. The smallest absolute Gasteiger partial charge is 0.163 e. The Labute approximate surface area is 84.6 Å². The van der Waals surface area contributed by atoms with Crippen LogP contribution in [0.25, 0.3) is 0 Å². The number of phenols is 1. The second kappa shape index (κ2) is 4.27. The number of aryl methyl sites for hydroxylation is 2. The maximum absolute atomic E-state index is 11.2. The third kappa shape index (κ3) is 1.95. The Balaban J connectivity index is 3.34. The molecular formula is C12H16O2. The zero-order valence-electron chi connectivity index (χ0n) is 8.92. The normalized spacial score (nSPS) is 10.2. The highest BCUT2D eigenvalue weighted by Gasteiger charge is 2.11. The van der Waals surface area contributed by atoms with Gasteiger partial charge in [0, 0.05) is 0 Å². The number of rotatable bonds is 3. The Morgan fingerprint density at radius 1 is 1.29 bits per heavy atom. The highest BCUT2D eigenvalue weighted by molar-refractivity contribution is 5.97. The number of hydrogen-bond acceptors (Lipinski definition) is 2. The number of carbonyl (C=O) groups is 1. The van der Waals surface area contributed by atoms with Crippen molar-refractivity contribution < 1.29 is 9.90 Å². The van der Waals surface area contributed by atoms with Gasteiger partial charge in [0.2, 0.25) is 0 Å². The van der Waals surface area contributed by atoms with Gasteiger partial charge in [0.25, 0.3) is 0 Å². The molecule has 2 heteroatoms. The maximum Gasteiger partial charge on any atom is 0.163 e. The van der Waals surface area contributed by atoms with E-state index in [1.165, 1.54) is 6.92 Å². The Morgan fingerprint density at radius 2 is 1.93 bits per heavy atom. The second-order valence-electron chi connectivity index (χ2n) is 3.41. The van der Waals surface area contributed by atoms with Crippen molar-refractivity contribution in [3.05, 3.63) is 28.8 Å². The summed E-state index contributed by atoms with van der Waals surface area (Å²) in [7, 11) is 0. The highest BCUT2D eigenvalue weighted by Crippen LogP contribution is 2.25. The monoisotopic (exact) mass is 192 g/mol. The Hall–Kier alpha value is -1.31. The molecule has 0 bridgehead atoms. The molecule has 0 aliphatic heterocycles. The van der Waals surface area contributed by atoms with Crippen LogP contribution in [0.2, 0.25) is 0 Å². The van der Waals surface area contributed by atoms with E-state index < -0.39 is 0 Å². The minimum atomic E-state index is -0.0764. The molecule has 1 aromatic carbocycles. The van der Waals surface area contributed by atoms with Crippen molar-refractivity contribution in [3.8, 4) is 5.75 Å². The average molecular weight is 192 g/mol. The molecule has 0 fully saturated rings. The van der Waals surface area contributed by atoms with Crippen molar-refractivity contribution in [2.45, 2.75) is 33.6 Å². The Bertz CT molecular complexity index is 354. The average Bonchev–Trinajstić information content (AvgIpc) is 2.17. The van der Waals surface area contributed by atoms with E-state index >= 15 is 0 Å². The Morgan fingerprint density at radius 3 is 2.36 bits per heavy atom. The van der Waals surface area contributed by atoms with Crippen LogP contribution in [0.3, 0.4) is 0 Å². The first kappa shape index (κ1) is 10.8. The topological polar surface area (TPSA) is 37.3 Å². The summed E-state index contributed by atoms with van der Waals surface area (Å²) in [6.07, 6.45) is 1.63. The van der Waals surface area contributed by atoms with Crippen molar-refractivity contribution in [1.82, 2.24) is 0 Å². The molecule has 0 amide bonds. The fraction of sp³-hybridized carbons (Fsp3) is 0.417. The number of ketones is 1. The van der Waals surface area contributed by atoms with Crippen LogP contribution in [0, 0.1) is 0 Å². The van der Waals surface area contributed by atoms with Gasteiger partial charge in [-0.05, 0) is 37.0 Å². The molecule has 76 valence electrons. The summed E-state index contributed by atoms with van der Waals surface area (Å²) in [5.41, 5.74) is 2.40. The number of benzene rings is 1. The maximum atomic E-state index is 11.2. The lowest BCUT2D eigenvalue weighted by atomic mass is 9.99. The summed E-state index contributed by atoms with van der Waals surface area (Å²) in [6.45, 7) is 5.49. The first-order chi connectivity index (χ1) is 6.60. The van der Waals surface area contributed by atoms with Crippen molar-refractivity contribution in [2.75, 3.05) is 0 Å². The molecule has 0 aliphatic carbocycles. The van der Waals surface area contributed by atoms with Gasteiger partial charge in [0.1, 0.15) is 5.75 Å². The molecule has 0 aromatic heterocycles. The van der Waals surface area contributed by atoms with Gasteiger partial charge >= 0.3 is 0 Å². The van der Waals surface area contributed by atoms with Crippen molar-refractivity contribution in [2.24, 2.45) is 0 Å². The summed E-state index contributed by atoms with van der Waals surface area (Å²) in [5.74, 6) is 0.0738. The number of hydrogen-bond donors (Lipinski definition) is 1. The zero-order chi connectivity index (χ0) is 10.7. The molecule has 0 saturated heterocycles. The molecule has 0 heterocycles. The first-order valence-electron chi connectivity index (χ1n) is 4.95. The van der Waals surface area contributed by atoms with E-state index in [4.69, 9.17) is 0 Å². The molecule has 0 saturated carbocycles. The number of carbonyl (C=O) groups excluding carboxylic acids is 1. The van der Waals surface area contributed by atoms with Gasteiger partial charge in [-0.2, -0.15) is 0 Å². The van der Waals surface area contributed by atoms with E-state index in [1.807, 2.05) is 19.9 Å². The second-order valence-corrected chi connectivity index (χ2v) is 3.41. The lowest BCUT2D eigenvalue weighted by Crippen LogP contribution is -1.98. The molecule has 14 heavy (non-hydrogen) atoms. The third-order valence-electron chi connectivity index (χ3n) is 2.42. The minimum absolute atomic E-state index is 0.0764. The van der Waals surface area contributed by atoms with E-state index in [-0.39, 0.29) is 11.5 Å². The molecule has 0 aliphatic rings. The van der Waals surface area contributed by atoms with Crippen molar-refractivity contribution >= 4 is 5.78 Å². The van der Waals surface area contributed by atoms with Crippen LogP contribution in [0.1, 0.15) is 42.3 Å². The van der Waals surface area contributed by atoms with Crippen LogP contribution in [-0.2, 0) is 12.8 Å². The van der Waals surface area contributed by atoms with Gasteiger partial charge < -0.3 is 5.11 Å². The van der Waals surface area contributed by atoms with Gasteiger partial charge in [0.05, 0.1) is 5.56 Å². The van der Waals surface area contributed by atoms with Crippen molar-refractivity contribution in [1.29, 1.82) is 0 Å². The summed E-state index contributed by atoms with van der Waals surface area (Å²) in [5, 5.41) is 9.76. The Kier molecular flexibility index (Phi) is 3.28. The van der Waals surface area contributed by atoms with Crippen LogP contribution < -0.4 is 0 Å². The predicted octanol–water partition coefficient (Wildman–Crippen LogP) is 2.72. The van der Waals surface area contributed by atoms with Crippen LogP contribution in [-0.4, -0.2) is 10.9 Å². The molecule has 1 aromatic rings. The molecule has 1 rings (SSSR count). The van der Waals surface area contributed by atoms with Gasteiger partial charge in [-0.15, -0.1) is 0 Å². The zero-order valence-corrected chi connectivity index (χ0v) is 8.92. The minimum Gasteiger partial charge on any atom is -0.507 e. The standard InChI is InChI=1S/C12H16O2/c1-4-9-6-10(5-2)12(14)11(7-9)8(3)13/h6-7,14H,4-5H2,1-3H3. The summed E-state index contributed by atoms with van der Waals surface area (Å²) >= 11 is 0. The van der Waals surface area contributed by atoms with Crippen LogP contribution in [0.15, 0.2) is 12.1 Å². The number of Topliss-reactive ketones (excluding diaryl/α,β-unsaturated/α-hetero) is 1. The fourth-order valence-electron chi connectivity index (χ4n) is 1.50. The summed E-state index contributed by atoms with van der Waals surface area (Å²) in [6, 6.07) is 3.73. The fourth-order valence-corrected chi connectivity index (χ4v) is 1.50. The summed E-state index contributed by atoms with van der Waals surface area (Å²) < 4.78 is 0. The highest BCUT2D eigenvalue weighted by atomic mass is 16.3. The lowest BCUT2D eigenvalue weighted by molar-refractivity contribution is 0.101. The van der Waals surface area contributed by atoms with Crippen LogP contribution >= 0.6 is 0 Å². The van der Waals surface area contributed by atoms with E-state index in [0.29, 0.717) is 5.56 Å². The quantitative estimate of drug-likeness (QED) is 0.748. The molecule has 0 unspecified atom stereocenters.